The van der Waals surface area contributed by atoms with Gasteiger partial charge in [-0.2, -0.15) is 5.10 Å². The third kappa shape index (κ3) is 2.35. The number of nitrogens with one attached hydrogen (secondary N) is 1. The van der Waals surface area contributed by atoms with Crippen LogP contribution < -0.4 is 11.0 Å². The molecule has 1 saturated heterocycles. The molecule has 3 heterocycles. The number of fused-ring (bicyclic) bond motifs is 1. The molecule has 2 aliphatic rings. The fraction of sp³-hybridized carbons (Fsp3) is 0.833. The van der Waals surface area contributed by atoms with E-state index in [-0.39, 0.29) is 5.69 Å². The molecule has 1 fully saturated rings. The minimum Gasteiger partial charge on any atom is -0.308 e. The van der Waals surface area contributed by atoms with Crippen molar-refractivity contribution in [2.75, 3.05) is 26.2 Å². The van der Waals surface area contributed by atoms with Crippen LogP contribution in [0.1, 0.15) is 25.1 Å². The Morgan fingerprint density at radius 3 is 2.78 bits per heavy atom. The number of aryl methyl sites for hydroxylation is 1. The summed E-state index contributed by atoms with van der Waals surface area (Å²) in [7, 11) is 0. The molecular formula is C12H21N5O. The van der Waals surface area contributed by atoms with E-state index in [2.05, 4.69) is 15.3 Å². The van der Waals surface area contributed by atoms with Gasteiger partial charge in [0.15, 0.2) is 0 Å². The monoisotopic (exact) mass is 251 g/mol. The van der Waals surface area contributed by atoms with Crippen molar-refractivity contribution in [2.24, 2.45) is 0 Å². The first-order chi connectivity index (χ1) is 8.84. The molecule has 0 radical (unpaired) electrons. The molecule has 0 aliphatic carbocycles. The molecule has 100 valence electrons. The van der Waals surface area contributed by atoms with Gasteiger partial charge in [-0.15, -0.1) is 0 Å². The lowest BCUT2D eigenvalue weighted by Gasteiger charge is -2.13. The van der Waals surface area contributed by atoms with E-state index in [0.717, 1.165) is 38.4 Å². The molecule has 1 aromatic rings. The average Bonchev–Trinajstić information content (AvgIpc) is 3.00. The number of hydrogen-bond acceptors (Lipinski definition) is 4. The van der Waals surface area contributed by atoms with Gasteiger partial charge in [0.05, 0.1) is 6.54 Å². The number of nitrogens with zero attached hydrogens (tertiary/aromatic N) is 4. The summed E-state index contributed by atoms with van der Waals surface area (Å²) in [5.41, 5.74) is 0.0629. The van der Waals surface area contributed by atoms with Crippen molar-refractivity contribution >= 4 is 0 Å². The second-order valence-corrected chi connectivity index (χ2v) is 5.15. The Balaban J connectivity index is 1.59. The van der Waals surface area contributed by atoms with Gasteiger partial charge >= 0.3 is 5.69 Å². The lowest BCUT2D eigenvalue weighted by atomic mass is 10.4. The number of rotatable bonds is 4. The van der Waals surface area contributed by atoms with E-state index in [1.54, 1.807) is 9.25 Å². The Labute approximate surface area is 107 Å². The van der Waals surface area contributed by atoms with E-state index >= 15 is 0 Å². The second-order valence-electron chi connectivity index (χ2n) is 5.15. The van der Waals surface area contributed by atoms with Crippen molar-refractivity contribution in [3.05, 3.63) is 16.3 Å². The minimum absolute atomic E-state index is 0.0629. The van der Waals surface area contributed by atoms with E-state index in [4.69, 9.17) is 0 Å². The van der Waals surface area contributed by atoms with Gasteiger partial charge in [-0.05, 0) is 38.9 Å². The van der Waals surface area contributed by atoms with E-state index in [9.17, 15) is 4.79 Å². The Morgan fingerprint density at radius 2 is 2.00 bits per heavy atom. The fourth-order valence-corrected chi connectivity index (χ4v) is 2.83. The highest BCUT2D eigenvalue weighted by atomic mass is 16.2. The zero-order valence-corrected chi connectivity index (χ0v) is 10.8. The van der Waals surface area contributed by atoms with Gasteiger partial charge in [0.2, 0.25) is 0 Å². The van der Waals surface area contributed by atoms with E-state index in [1.165, 1.54) is 25.9 Å². The molecular weight excluding hydrogens is 230 g/mol. The minimum atomic E-state index is 0.0629. The topological polar surface area (TPSA) is 55.1 Å². The van der Waals surface area contributed by atoms with Crippen molar-refractivity contribution < 1.29 is 0 Å². The highest BCUT2D eigenvalue weighted by molar-refractivity contribution is 4.90. The molecule has 3 rings (SSSR count). The predicted octanol–water partition coefficient (Wildman–Crippen LogP) is -0.366. The molecule has 6 heteroatoms. The molecule has 6 nitrogen and oxygen atoms in total. The smallest absolute Gasteiger partial charge is 0.308 e. The summed E-state index contributed by atoms with van der Waals surface area (Å²) in [6.07, 6.45) is 3.67. The Morgan fingerprint density at radius 1 is 1.17 bits per heavy atom. The maximum atomic E-state index is 12.1. The van der Waals surface area contributed by atoms with Crippen LogP contribution in [0.5, 0.6) is 0 Å². The maximum absolute atomic E-state index is 12.1. The van der Waals surface area contributed by atoms with Gasteiger partial charge in [-0.25, -0.2) is 9.48 Å². The largest absolute Gasteiger partial charge is 0.345 e. The highest BCUT2D eigenvalue weighted by Gasteiger charge is 2.16. The molecule has 1 N–H and O–H groups in total. The zero-order chi connectivity index (χ0) is 12.4. The first kappa shape index (κ1) is 11.9. The summed E-state index contributed by atoms with van der Waals surface area (Å²) in [5.74, 6) is 0.882. The fourth-order valence-electron chi connectivity index (χ4n) is 2.83. The first-order valence-electron chi connectivity index (χ1n) is 6.94. The van der Waals surface area contributed by atoms with Crippen molar-refractivity contribution in [1.29, 1.82) is 0 Å². The van der Waals surface area contributed by atoms with Gasteiger partial charge in [0, 0.05) is 19.6 Å². The molecule has 0 bridgehead atoms. The third-order valence-corrected chi connectivity index (χ3v) is 3.84. The summed E-state index contributed by atoms with van der Waals surface area (Å²) in [6, 6.07) is 0. The summed E-state index contributed by atoms with van der Waals surface area (Å²) in [4.78, 5) is 14.5. The molecule has 0 atom stereocenters. The average molecular weight is 251 g/mol. The number of likely N-dealkylation sites (tertiary alicyclic amines) is 1. The molecule has 0 aromatic carbocycles. The zero-order valence-electron chi connectivity index (χ0n) is 10.8. The van der Waals surface area contributed by atoms with E-state index in [1.807, 2.05) is 0 Å². The molecule has 0 amide bonds. The van der Waals surface area contributed by atoms with Gasteiger partial charge < -0.3 is 10.2 Å². The molecule has 0 saturated carbocycles. The lowest BCUT2D eigenvalue weighted by Crippen LogP contribution is -2.34. The Kier molecular flexibility index (Phi) is 3.47. The van der Waals surface area contributed by atoms with E-state index in [0.29, 0.717) is 6.54 Å². The number of hydrogen-bond donors (Lipinski definition) is 1. The second kappa shape index (κ2) is 5.24. The maximum Gasteiger partial charge on any atom is 0.345 e. The quantitative estimate of drug-likeness (QED) is 0.793. The summed E-state index contributed by atoms with van der Waals surface area (Å²) in [6.45, 7) is 6.61. The SMILES string of the molecule is O=c1n(CCCN2CCCC2)nc2n1CCNC2. The standard InChI is InChI=1S/C12H21N5O/c18-12-16-9-4-13-10-11(16)14-17(12)8-3-7-15-5-1-2-6-15/h13H,1-10H2. The Bertz CT molecular complexity index is 458. The van der Waals surface area contributed by atoms with Gasteiger partial charge in [-0.1, -0.05) is 0 Å². The summed E-state index contributed by atoms with van der Waals surface area (Å²) in [5, 5.41) is 7.64. The van der Waals surface area contributed by atoms with Crippen LogP contribution in [0.4, 0.5) is 0 Å². The predicted molar refractivity (Wildman–Crippen MR) is 68.5 cm³/mol. The van der Waals surface area contributed by atoms with Crippen LogP contribution in [0.25, 0.3) is 0 Å². The van der Waals surface area contributed by atoms with Crippen LogP contribution in [0.15, 0.2) is 4.79 Å². The summed E-state index contributed by atoms with van der Waals surface area (Å²) < 4.78 is 3.44. The summed E-state index contributed by atoms with van der Waals surface area (Å²) >= 11 is 0. The van der Waals surface area contributed by atoms with Crippen molar-refractivity contribution in [2.45, 2.75) is 38.9 Å². The van der Waals surface area contributed by atoms with Crippen LogP contribution in [0, 0.1) is 0 Å². The van der Waals surface area contributed by atoms with Crippen LogP contribution in [0.3, 0.4) is 0 Å². The Hall–Kier alpha value is -1.14. The molecule has 1 aromatic heterocycles. The van der Waals surface area contributed by atoms with Gasteiger partial charge in [0.1, 0.15) is 5.82 Å². The first-order valence-corrected chi connectivity index (χ1v) is 6.94. The highest BCUT2D eigenvalue weighted by Crippen LogP contribution is 2.07. The number of aromatic nitrogens is 3. The van der Waals surface area contributed by atoms with Crippen LogP contribution in [0.2, 0.25) is 0 Å². The van der Waals surface area contributed by atoms with Crippen LogP contribution >= 0.6 is 0 Å². The third-order valence-electron chi connectivity index (χ3n) is 3.84. The van der Waals surface area contributed by atoms with Crippen molar-refractivity contribution in [3.8, 4) is 0 Å². The molecule has 18 heavy (non-hydrogen) atoms. The lowest BCUT2D eigenvalue weighted by molar-refractivity contribution is 0.320. The van der Waals surface area contributed by atoms with Gasteiger partial charge in [-0.3, -0.25) is 4.57 Å². The molecule has 2 aliphatic heterocycles. The molecule has 0 unspecified atom stereocenters. The normalized spacial score (nSPS) is 20.2. The molecule has 0 spiro atoms. The van der Waals surface area contributed by atoms with Crippen molar-refractivity contribution in [3.63, 3.8) is 0 Å². The van der Waals surface area contributed by atoms with Crippen LogP contribution in [-0.4, -0.2) is 45.4 Å². The van der Waals surface area contributed by atoms with E-state index < -0.39 is 0 Å². The van der Waals surface area contributed by atoms with Gasteiger partial charge in [0.25, 0.3) is 0 Å². The van der Waals surface area contributed by atoms with Crippen molar-refractivity contribution in [1.82, 2.24) is 24.6 Å². The van der Waals surface area contributed by atoms with Crippen LogP contribution in [-0.2, 0) is 19.6 Å².